The van der Waals surface area contributed by atoms with Crippen LogP contribution in [-0.4, -0.2) is 24.6 Å². The molecule has 0 spiro atoms. The lowest BCUT2D eigenvalue weighted by Crippen LogP contribution is -2.07. The summed E-state index contributed by atoms with van der Waals surface area (Å²) >= 11 is 0. The number of halogens is 3. The molecule has 0 bridgehead atoms. The van der Waals surface area contributed by atoms with E-state index in [9.17, 15) is 13.2 Å². The van der Waals surface area contributed by atoms with Gasteiger partial charge < -0.3 is 5.73 Å². The number of nitrogen functional groups attached to an aromatic ring is 1. The standard InChI is InChI=1S/C25H19F3N6/c1-13-12-16(10-11-30-13)21-22(15-6-8-17(26)9-7-15)31-25(29)34-24(21)32-23(33-34)14(2)20-18(27)4-3-5-19(20)28/h3-12,14H,1-2H3,(H2,29,31). The normalized spacial score (nSPS) is 12.3. The third-order valence-corrected chi connectivity index (χ3v) is 5.65. The summed E-state index contributed by atoms with van der Waals surface area (Å²) in [7, 11) is 0. The number of nitrogens with zero attached hydrogens (tertiary/aromatic N) is 5. The van der Waals surface area contributed by atoms with Gasteiger partial charge in [0, 0.05) is 28.9 Å². The Hall–Kier alpha value is -4.27. The van der Waals surface area contributed by atoms with Gasteiger partial charge in [-0.25, -0.2) is 23.1 Å². The molecule has 0 fully saturated rings. The Labute approximate surface area is 192 Å². The van der Waals surface area contributed by atoms with E-state index in [0.29, 0.717) is 22.5 Å². The molecule has 0 amide bonds. The van der Waals surface area contributed by atoms with Crippen molar-refractivity contribution in [2.45, 2.75) is 19.8 Å². The predicted molar refractivity (Wildman–Crippen MR) is 122 cm³/mol. The van der Waals surface area contributed by atoms with Crippen molar-refractivity contribution >= 4 is 11.6 Å². The van der Waals surface area contributed by atoms with Crippen molar-refractivity contribution in [3.8, 4) is 22.4 Å². The lowest BCUT2D eigenvalue weighted by atomic mass is 9.99. The van der Waals surface area contributed by atoms with Gasteiger partial charge in [0.05, 0.1) is 11.3 Å². The Balaban J connectivity index is 1.79. The highest BCUT2D eigenvalue weighted by Gasteiger charge is 2.25. The van der Waals surface area contributed by atoms with E-state index in [-0.39, 0.29) is 23.2 Å². The highest BCUT2D eigenvalue weighted by molar-refractivity contribution is 5.90. The number of benzene rings is 2. The quantitative estimate of drug-likeness (QED) is 0.393. The topological polar surface area (TPSA) is 82.0 Å². The molecule has 0 aliphatic carbocycles. The van der Waals surface area contributed by atoms with E-state index >= 15 is 0 Å². The van der Waals surface area contributed by atoms with Crippen LogP contribution < -0.4 is 5.73 Å². The molecule has 2 aromatic carbocycles. The van der Waals surface area contributed by atoms with E-state index in [2.05, 4.69) is 20.1 Å². The first kappa shape index (κ1) is 21.6. The zero-order valence-electron chi connectivity index (χ0n) is 18.3. The van der Waals surface area contributed by atoms with Crippen LogP contribution >= 0.6 is 0 Å². The molecule has 0 saturated heterocycles. The summed E-state index contributed by atoms with van der Waals surface area (Å²) in [5.41, 5.74) is 9.64. The Morgan fingerprint density at radius 3 is 2.29 bits per heavy atom. The number of pyridine rings is 1. The zero-order valence-corrected chi connectivity index (χ0v) is 18.3. The second kappa shape index (κ2) is 8.26. The summed E-state index contributed by atoms with van der Waals surface area (Å²) in [6.45, 7) is 3.47. The number of hydrogen-bond acceptors (Lipinski definition) is 5. The van der Waals surface area contributed by atoms with Gasteiger partial charge in [-0.05, 0) is 61.0 Å². The highest BCUT2D eigenvalue weighted by atomic mass is 19.1. The molecule has 0 saturated carbocycles. The fourth-order valence-corrected chi connectivity index (χ4v) is 3.99. The van der Waals surface area contributed by atoms with Gasteiger partial charge in [-0.1, -0.05) is 13.0 Å². The minimum absolute atomic E-state index is 0.0313. The molecule has 5 aromatic rings. The van der Waals surface area contributed by atoms with Crippen molar-refractivity contribution < 1.29 is 13.2 Å². The maximum atomic E-state index is 14.5. The molecule has 0 aliphatic heterocycles. The van der Waals surface area contributed by atoms with Crippen LogP contribution in [0, 0.1) is 24.4 Å². The molecular weight excluding hydrogens is 441 g/mol. The second-order valence-electron chi connectivity index (χ2n) is 7.95. The third kappa shape index (κ3) is 3.64. The van der Waals surface area contributed by atoms with E-state index in [0.717, 1.165) is 11.3 Å². The van der Waals surface area contributed by atoms with Gasteiger partial charge in [0.2, 0.25) is 5.95 Å². The Morgan fingerprint density at radius 2 is 1.62 bits per heavy atom. The molecule has 170 valence electrons. The highest BCUT2D eigenvalue weighted by Crippen LogP contribution is 2.36. The summed E-state index contributed by atoms with van der Waals surface area (Å²) in [4.78, 5) is 13.4. The number of nitrogens with two attached hydrogens (primary N) is 1. The van der Waals surface area contributed by atoms with Crippen LogP contribution in [0.2, 0.25) is 0 Å². The van der Waals surface area contributed by atoms with E-state index in [1.807, 2.05) is 13.0 Å². The van der Waals surface area contributed by atoms with E-state index in [4.69, 9.17) is 5.73 Å². The van der Waals surface area contributed by atoms with Crippen LogP contribution in [0.25, 0.3) is 28.0 Å². The van der Waals surface area contributed by atoms with Gasteiger partial charge in [0.1, 0.15) is 17.5 Å². The average molecular weight is 460 g/mol. The van der Waals surface area contributed by atoms with Crippen LogP contribution in [0.4, 0.5) is 19.1 Å². The molecule has 3 heterocycles. The summed E-state index contributed by atoms with van der Waals surface area (Å²) in [5.74, 6) is -2.33. The summed E-state index contributed by atoms with van der Waals surface area (Å²) < 4.78 is 43.8. The van der Waals surface area contributed by atoms with Crippen LogP contribution in [0.15, 0.2) is 60.8 Å². The van der Waals surface area contributed by atoms with Gasteiger partial charge in [0.15, 0.2) is 11.5 Å². The summed E-state index contributed by atoms with van der Waals surface area (Å²) in [6.07, 6.45) is 1.65. The molecule has 1 unspecified atom stereocenters. The largest absolute Gasteiger partial charge is 0.368 e. The number of rotatable bonds is 4. The second-order valence-corrected chi connectivity index (χ2v) is 7.95. The maximum Gasteiger partial charge on any atom is 0.223 e. The molecule has 1 atom stereocenters. The van der Waals surface area contributed by atoms with Crippen LogP contribution in [-0.2, 0) is 0 Å². The average Bonchev–Trinajstić information content (AvgIpc) is 3.25. The SMILES string of the molecule is Cc1cc(-c2c(-c3ccc(F)cc3)nc(N)n3nc(C(C)c4c(F)cccc4F)nc23)ccn1. The monoisotopic (exact) mass is 460 g/mol. The molecule has 6 nitrogen and oxygen atoms in total. The van der Waals surface area contributed by atoms with Crippen molar-refractivity contribution in [1.82, 2.24) is 24.6 Å². The molecule has 2 N–H and O–H groups in total. The van der Waals surface area contributed by atoms with Crippen molar-refractivity contribution in [2.24, 2.45) is 0 Å². The first-order chi connectivity index (χ1) is 16.3. The minimum Gasteiger partial charge on any atom is -0.368 e. The molecule has 34 heavy (non-hydrogen) atoms. The Kier molecular flexibility index (Phi) is 5.24. The zero-order chi connectivity index (χ0) is 24.0. The predicted octanol–water partition coefficient (Wildman–Crippen LogP) is 5.31. The summed E-state index contributed by atoms with van der Waals surface area (Å²) in [5, 5.41) is 4.44. The Morgan fingerprint density at radius 1 is 0.912 bits per heavy atom. The van der Waals surface area contributed by atoms with E-state index in [1.165, 1.54) is 34.8 Å². The number of aryl methyl sites for hydroxylation is 1. The van der Waals surface area contributed by atoms with Gasteiger partial charge in [-0.3, -0.25) is 4.98 Å². The maximum absolute atomic E-state index is 14.5. The first-order valence-electron chi connectivity index (χ1n) is 10.5. The lowest BCUT2D eigenvalue weighted by molar-refractivity contribution is 0.542. The molecule has 9 heteroatoms. The fraction of sp³-hybridized carbons (Fsp3) is 0.120. The molecular formula is C25H19F3N6. The smallest absolute Gasteiger partial charge is 0.223 e. The first-order valence-corrected chi connectivity index (χ1v) is 10.5. The minimum atomic E-state index is -0.790. The van der Waals surface area contributed by atoms with E-state index < -0.39 is 17.6 Å². The molecule has 0 aliphatic rings. The van der Waals surface area contributed by atoms with Crippen molar-refractivity contribution in [2.75, 3.05) is 5.73 Å². The third-order valence-electron chi connectivity index (χ3n) is 5.65. The van der Waals surface area contributed by atoms with Gasteiger partial charge in [0.25, 0.3) is 0 Å². The van der Waals surface area contributed by atoms with Gasteiger partial charge in [-0.2, -0.15) is 4.52 Å². The van der Waals surface area contributed by atoms with Crippen molar-refractivity contribution in [3.63, 3.8) is 0 Å². The fourth-order valence-electron chi connectivity index (χ4n) is 3.99. The van der Waals surface area contributed by atoms with Gasteiger partial charge in [-0.15, -0.1) is 5.10 Å². The number of hydrogen-bond donors (Lipinski definition) is 1. The molecule has 3 aromatic heterocycles. The van der Waals surface area contributed by atoms with Gasteiger partial charge >= 0.3 is 0 Å². The molecule has 0 radical (unpaired) electrons. The number of fused-ring (bicyclic) bond motifs is 1. The van der Waals surface area contributed by atoms with Crippen molar-refractivity contribution in [1.29, 1.82) is 0 Å². The number of aromatic nitrogens is 5. The molecule has 5 rings (SSSR count). The lowest BCUT2D eigenvalue weighted by Gasteiger charge is -2.12. The van der Waals surface area contributed by atoms with E-state index in [1.54, 1.807) is 31.3 Å². The van der Waals surface area contributed by atoms with Crippen molar-refractivity contribution in [3.05, 3.63) is 95.3 Å². The summed E-state index contributed by atoms with van der Waals surface area (Å²) in [6, 6.07) is 13.2. The van der Waals surface area contributed by atoms with Crippen LogP contribution in [0.1, 0.15) is 29.9 Å². The van der Waals surface area contributed by atoms with Crippen LogP contribution in [0.5, 0.6) is 0 Å². The van der Waals surface area contributed by atoms with Crippen LogP contribution in [0.3, 0.4) is 0 Å². The Bertz CT molecular complexity index is 1510. The number of anilines is 1.